The molecule has 3 aromatic rings. The van der Waals surface area contributed by atoms with Crippen molar-refractivity contribution in [2.75, 3.05) is 28.4 Å². The number of carbonyl (C=O) groups excluding carboxylic acids is 1. The van der Waals surface area contributed by atoms with Gasteiger partial charge in [0.1, 0.15) is 0 Å². The van der Waals surface area contributed by atoms with Crippen LogP contribution >= 0.6 is 0 Å². The zero-order valence-electron chi connectivity index (χ0n) is 24.7. The van der Waals surface area contributed by atoms with Gasteiger partial charge in [-0.25, -0.2) is 14.3 Å². The summed E-state index contributed by atoms with van der Waals surface area (Å²) in [6.45, 7) is 6.11. The van der Waals surface area contributed by atoms with Crippen molar-refractivity contribution in [2.45, 2.75) is 64.3 Å². The summed E-state index contributed by atoms with van der Waals surface area (Å²) in [6.07, 6.45) is 9.73. The van der Waals surface area contributed by atoms with Gasteiger partial charge in [0.25, 0.3) is 5.91 Å². The number of carbonyl (C=O) groups is 1. The standard InChI is InChI=1S/C30H39N7O4S/c1-6-26-22(16-33-37(26)21-9-10-21)23(31)17-36(32)27-13-19(8-7-18(27)2)29(38)34-24-14-20(30(3)11-12-30)15-25(28(24)41-4)35-42(5,39)40/h7-8,13-17,21,35H,6,9-12,31-32H2,1-5H3,(H,34,38)/p+1/b23-17-. The van der Waals surface area contributed by atoms with E-state index in [2.05, 4.69) is 33.7 Å². The van der Waals surface area contributed by atoms with Gasteiger partial charge in [0.05, 0.1) is 47.9 Å². The van der Waals surface area contributed by atoms with E-state index in [-0.39, 0.29) is 16.9 Å². The lowest BCUT2D eigenvalue weighted by Gasteiger charge is -2.20. The quantitative estimate of drug-likeness (QED) is 0.128. The molecule has 0 spiro atoms. The number of aryl methyl sites for hydroxylation is 1. The number of aromatic amines is 1. The third-order valence-corrected chi connectivity index (χ3v) is 8.66. The summed E-state index contributed by atoms with van der Waals surface area (Å²) < 4.78 is 34.4. The molecule has 42 heavy (non-hydrogen) atoms. The molecule has 0 bridgehead atoms. The monoisotopic (exact) mass is 594 g/mol. The van der Waals surface area contributed by atoms with Gasteiger partial charge in [-0.15, -0.1) is 4.68 Å². The third-order valence-electron chi connectivity index (χ3n) is 8.07. The normalized spacial score (nSPS) is 16.2. The summed E-state index contributed by atoms with van der Waals surface area (Å²) in [7, 11) is -2.15. The Labute approximate surface area is 246 Å². The first-order valence-electron chi connectivity index (χ1n) is 14.1. The number of H-pyrrole nitrogens is 1. The van der Waals surface area contributed by atoms with Gasteiger partial charge < -0.3 is 15.8 Å². The summed E-state index contributed by atoms with van der Waals surface area (Å²) in [4.78, 5) is 13.5. The van der Waals surface area contributed by atoms with E-state index in [9.17, 15) is 13.2 Å². The first kappa shape index (κ1) is 29.5. The smallest absolute Gasteiger partial charge is 0.255 e. The topological polar surface area (TPSA) is 159 Å². The van der Waals surface area contributed by atoms with Crippen LogP contribution in [0.5, 0.6) is 5.75 Å². The molecule has 0 radical (unpaired) electrons. The number of sulfonamides is 1. The van der Waals surface area contributed by atoms with E-state index in [1.54, 1.807) is 24.4 Å². The molecule has 7 N–H and O–H groups in total. The van der Waals surface area contributed by atoms with Gasteiger partial charge in [-0.3, -0.25) is 14.5 Å². The highest BCUT2D eigenvalue weighted by molar-refractivity contribution is 7.92. The zero-order chi connectivity index (χ0) is 30.4. The highest BCUT2D eigenvalue weighted by Crippen LogP contribution is 2.51. The Balaban J connectivity index is 1.43. The minimum atomic E-state index is -3.58. The van der Waals surface area contributed by atoms with E-state index in [1.807, 2.05) is 25.3 Å². The van der Waals surface area contributed by atoms with Crippen LogP contribution in [0.25, 0.3) is 5.70 Å². The number of hydrazine groups is 1. The van der Waals surface area contributed by atoms with Gasteiger partial charge in [-0.1, -0.05) is 19.9 Å². The number of nitrogens with zero attached hydrogens (tertiary/aromatic N) is 2. The van der Waals surface area contributed by atoms with Gasteiger partial charge in [-0.05, 0) is 60.6 Å². The van der Waals surface area contributed by atoms with Crippen LogP contribution in [0.4, 0.5) is 17.1 Å². The Morgan fingerprint density at radius 3 is 2.52 bits per heavy atom. The van der Waals surface area contributed by atoms with E-state index in [4.69, 9.17) is 16.3 Å². The van der Waals surface area contributed by atoms with Gasteiger partial charge in [0.15, 0.2) is 11.8 Å². The number of hydrogen-bond donors (Lipinski definition) is 5. The maximum Gasteiger partial charge on any atom is 0.255 e. The van der Waals surface area contributed by atoms with Gasteiger partial charge in [0, 0.05) is 31.0 Å². The molecule has 2 fully saturated rings. The Morgan fingerprint density at radius 1 is 1.24 bits per heavy atom. The molecule has 5 rings (SSSR count). The lowest BCUT2D eigenvalue weighted by Crippen LogP contribution is -2.38. The van der Waals surface area contributed by atoms with Crippen molar-refractivity contribution in [3.8, 4) is 5.75 Å². The third kappa shape index (κ3) is 6.09. The minimum absolute atomic E-state index is 0.0853. The summed E-state index contributed by atoms with van der Waals surface area (Å²) in [5.74, 6) is 6.30. The molecule has 2 aliphatic rings. The Bertz CT molecular complexity index is 1670. The maximum absolute atomic E-state index is 13.5. The predicted molar refractivity (Wildman–Crippen MR) is 165 cm³/mol. The summed E-state index contributed by atoms with van der Waals surface area (Å²) in [6, 6.07) is 9.35. The van der Waals surface area contributed by atoms with Crippen molar-refractivity contribution in [1.29, 1.82) is 0 Å². The average Bonchev–Trinajstić information content (AvgIpc) is 3.86. The first-order valence-corrected chi connectivity index (χ1v) is 16.0. The van der Waals surface area contributed by atoms with Crippen LogP contribution in [-0.4, -0.2) is 32.8 Å². The maximum atomic E-state index is 13.5. The van der Waals surface area contributed by atoms with E-state index in [0.717, 1.165) is 60.7 Å². The Hall–Kier alpha value is -4.03. The van der Waals surface area contributed by atoms with Gasteiger partial charge in [-0.2, -0.15) is 5.10 Å². The molecule has 2 aromatic carbocycles. The predicted octanol–water partition coefficient (Wildman–Crippen LogP) is 3.83. The molecule has 1 heterocycles. The number of amides is 1. The molecule has 224 valence electrons. The van der Waals surface area contributed by atoms with Crippen LogP contribution in [0, 0.1) is 6.92 Å². The molecular formula is C30H40N7O4S+. The van der Waals surface area contributed by atoms with E-state index in [1.165, 1.54) is 12.1 Å². The second-order valence-corrected chi connectivity index (χ2v) is 13.3. The first-order chi connectivity index (χ1) is 19.8. The molecule has 0 atom stereocenters. The summed E-state index contributed by atoms with van der Waals surface area (Å²) in [5.41, 5.74) is 12.4. The number of nitrogens with one attached hydrogen (secondary N) is 3. The molecule has 0 unspecified atom stereocenters. The number of methoxy groups -OCH3 is 1. The molecule has 2 aliphatic carbocycles. The van der Waals surface area contributed by atoms with E-state index < -0.39 is 15.9 Å². The fourth-order valence-electron chi connectivity index (χ4n) is 5.25. The van der Waals surface area contributed by atoms with E-state index in [0.29, 0.717) is 28.7 Å². The van der Waals surface area contributed by atoms with Crippen molar-refractivity contribution in [1.82, 2.24) is 5.10 Å². The molecule has 1 amide bonds. The SMILES string of the molecule is CCc1c(/C(N)=C/N(N)c2cc(C(=O)Nc3cc(C4(C)CC4)cc(NS(C)(=O)=O)c3OC)ccc2C)c[nH][n+]1C1CC1. The highest BCUT2D eigenvalue weighted by Gasteiger charge is 2.40. The van der Waals surface area contributed by atoms with Crippen molar-refractivity contribution in [3.63, 3.8) is 0 Å². The number of anilines is 3. The van der Waals surface area contributed by atoms with Crippen LogP contribution in [0.2, 0.25) is 0 Å². The number of rotatable bonds is 11. The van der Waals surface area contributed by atoms with Crippen LogP contribution in [0.1, 0.15) is 78.3 Å². The molecule has 2 saturated carbocycles. The average molecular weight is 595 g/mol. The lowest BCUT2D eigenvalue weighted by molar-refractivity contribution is -0.759. The van der Waals surface area contributed by atoms with Crippen LogP contribution in [0.3, 0.4) is 0 Å². The molecule has 0 saturated heterocycles. The zero-order valence-corrected chi connectivity index (χ0v) is 25.6. The largest absolute Gasteiger partial charge is 0.492 e. The molecule has 12 heteroatoms. The van der Waals surface area contributed by atoms with Gasteiger partial charge in [0.2, 0.25) is 15.7 Å². The number of ether oxygens (including phenoxy) is 1. The Morgan fingerprint density at radius 2 is 1.93 bits per heavy atom. The summed E-state index contributed by atoms with van der Waals surface area (Å²) >= 11 is 0. The Kier molecular flexibility index (Phi) is 7.71. The minimum Gasteiger partial charge on any atom is -0.492 e. The second kappa shape index (κ2) is 11.0. The number of nitrogens with two attached hydrogens (primary N) is 2. The molecule has 0 aliphatic heterocycles. The molecular weight excluding hydrogens is 554 g/mol. The summed E-state index contributed by atoms with van der Waals surface area (Å²) in [5, 5.41) is 7.67. The number of aromatic nitrogens is 2. The second-order valence-electron chi connectivity index (χ2n) is 11.6. The van der Waals surface area contributed by atoms with Gasteiger partial charge >= 0.3 is 0 Å². The van der Waals surface area contributed by atoms with Crippen molar-refractivity contribution in [3.05, 3.63) is 70.7 Å². The molecule has 11 nitrogen and oxygen atoms in total. The van der Waals surface area contributed by atoms with Crippen LogP contribution in [-0.2, 0) is 21.9 Å². The van der Waals surface area contributed by atoms with Crippen molar-refractivity contribution in [2.24, 2.45) is 11.6 Å². The van der Waals surface area contributed by atoms with Crippen LogP contribution < -0.4 is 36.0 Å². The fourth-order valence-corrected chi connectivity index (χ4v) is 5.80. The van der Waals surface area contributed by atoms with Crippen LogP contribution in [0.15, 0.2) is 42.7 Å². The van der Waals surface area contributed by atoms with Crippen molar-refractivity contribution >= 4 is 38.7 Å². The lowest BCUT2D eigenvalue weighted by atomic mass is 9.96. The highest BCUT2D eigenvalue weighted by atomic mass is 32.2. The molecule has 1 aromatic heterocycles. The van der Waals surface area contributed by atoms with Crippen molar-refractivity contribution < 1.29 is 22.6 Å². The number of hydrogen-bond acceptors (Lipinski definition) is 7. The fraction of sp³-hybridized carbons (Fsp3) is 0.400. The number of benzene rings is 2. The van der Waals surface area contributed by atoms with E-state index >= 15 is 0 Å².